The van der Waals surface area contributed by atoms with Gasteiger partial charge in [-0.15, -0.1) is 0 Å². The topological polar surface area (TPSA) is 104 Å². The fourth-order valence-corrected chi connectivity index (χ4v) is 2.88. The first-order valence-corrected chi connectivity index (χ1v) is 8.78. The molecule has 0 radical (unpaired) electrons. The molecule has 4 rings (SSSR count). The lowest BCUT2D eigenvalue weighted by Gasteiger charge is -2.29. The zero-order chi connectivity index (χ0) is 20.6. The number of cyclic esters (lactones) is 2. The van der Waals surface area contributed by atoms with Gasteiger partial charge >= 0.3 is 11.9 Å². The third-order valence-corrected chi connectivity index (χ3v) is 4.22. The van der Waals surface area contributed by atoms with E-state index in [1.807, 2.05) is 28.9 Å². The molecule has 1 aliphatic rings. The zero-order valence-electron chi connectivity index (χ0n) is 16.0. The Bertz CT molecular complexity index is 1090. The zero-order valence-corrected chi connectivity index (χ0v) is 16.0. The van der Waals surface area contributed by atoms with Gasteiger partial charge in [-0.3, -0.25) is 4.40 Å². The summed E-state index contributed by atoms with van der Waals surface area (Å²) in [6, 6.07) is 7.22. The number of nitrogens with one attached hydrogen (secondary N) is 1. The maximum atomic E-state index is 12.1. The minimum absolute atomic E-state index is 0.242. The molecule has 29 heavy (non-hydrogen) atoms. The van der Waals surface area contributed by atoms with Gasteiger partial charge in [-0.25, -0.2) is 19.6 Å². The monoisotopic (exact) mass is 394 g/mol. The summed E-state index contributed by atoms with van der Waals surface area (Å²) in [5.74, 6) is -1.73. The fourth-order valence-electron chi connectivity index (χ4n) is 2.88. The number of fused-ring (bicyclic) bond motifs is 1. The summed E-state index contributed by atoms with van der Waals surface area (Å²) in [6.45, 7) is 2.98. The molecule has 148 valence electrons. The molecule has 0 aliphatic carbocycles. The number of esters is 2. The summed E-state index contributed by atoms with van der Waals surface area (Å²) >= 11 is 0. The van der Waals surface area contributed by atoms with Crippen molar-refractivity contribution in [3.63, 3.8) is 0 Å². The molecule has 0 unspecified atom stereocenters. The number of anilines is 1. The molecule has 1 N–H and O–H groups in total. The lowest BCUT2D eigenvalue weighted by atomic mass is 10.1. The van der Waals surface area contributed by atoms with Crippen LogP contribution in [0, 0.1) is 0 Å². The predicted molar refractivity (Wildman–Crippen MR) is 103 cm³/mol. The van der Waals surface area contributed by atoms with E-state index in [-0.39, 0.29) is 5.57 Å². The Hall–Kier alpha value is -3.88. The number of methoxy groups -OCH3 is 1. The summed E-state index contributed by atoms with van der Waals surface area (Å²) in [6.07, 6.45) is 6.62. The van der Waals surface area contributed by atoms with Crippen LogP contribution < -0.4 is 10.1 Å². The first-order chi connectivity index (χ1) is 13.9. The largest absolute Gasteiger partial charge is 0.495 e. The number of carbonyl (C=O) groups is 2. The van der Waals surface area contributed by atoms with E-state index in [1.54, 1.807) is 18.3 Å². The summed E-state index contributed by atoms with van der Waals surface area (Å²) in [4.78, 5) is 32.9. The Morgan fingerprint density at radius 3 is 2.66 bits per heavy atom. The highest BCUT2D eigenvalue weighted by atomic mass is 16.7. The van der Waals surface area contributed by atoms with Gasteiger partial charge in [0.15, 0.2) is 5.57 Å². The predicted octanol–water partition coefficient (Wildman–Crippen LogP) is 2.54. The van der Waals surface area contributed by atoms with Crippen LogP contribution in [0.2, 0.25) is 0 Å². The second-order valence-electron chi connectivity index (χ2n) is 6.75. The number of imidazole rings is 1. The van der Waals surface area contributed by atoms with Crippen LogP contribution in [0.3, 0.4) is 0 Å². The molecule has 9 heteroatoms. The van der Waals surface area contributed by atoms with Gasteiger partial charge in [-0.05, 0) is 24.3 Å². The smallest absolute Gasteiger partial charge is 0.350 e. The SMILES string of the molecule is COc1ccc(-c2cn3cccnc3n2)cc1NC=C1C(=O)OC(C)(C)OC1=O. The molecule has 0 atom stereocenters. The average Bonchev–Trinajstić information content (AvgIpc) is 3.10. The Morgan fingerprint density at radius 1 is 1.21 bits per heavy atom. The number of carbonyl (C=O) groups excluding carboxylic acids is 2. The van der Waals surface area contributed by atoms with Crippen molar-refractivity contribution in [2.45, 2.75) is 19.6 Å². The quantitative estimate of drug-likeness (QED) is 0.409. The highest BCUT2D eigenvalue weighted by molar-refractivity contribution is 6.15. The first kappa shape index (κ1) is 18.5. The molecule has 1 aromatic carbocycles. The molecule has 1 aliphatic heterocycles. The average molecular weight is 394 g/mol. The van der Waals surface area contributed by atoms with E-state index < -0.39 is 17.7 Å². The molecular weight excluding hydrogens is 376 g/mol. The van der Waals surface area contributed by atoms with Crippen LogP contribution in [0.25, 0.3) is 17.0 Å². The number of hydrogen-bond donors (Lipinski definition) is 1. The second kappa shape index (κ2) is 6.93. The Morgan fingerprint density at radius 2 is 1.97 bits per heavy atom. The van der Waals surface area contributed by atoms with Crippen LogP contribution in [0.5, 0.6) is 5.75 Å². The minimum atomic E-state index is -1.29. The second-order valence-corrected chi connectivity index (χ2v) is 6.75. The highest BCUT2D eigenvalue weighted by Gasteiger charge is 2.39. The third-order valence-electron chi connectivity index (χ3n) is 4.22. The van der Waals surface area contributed by atoms with Crippen LogP contribution in [-0.2, 0) is 19.1 Å². The standard InChI is InChI=1S/C20H18N4O5/c1-20(2)28-17(25)13(18(26)29-20)10-22-14-9-12(5-6-16(14)27-3)15-11-24-8-4-7-21-19(24)23-15/h4-11,22H,1-3H3. The number of ether oxygens (including phenoxy) is 3. The van der Waals surface area contributed by atoms with Gasteiger partial charge in [0.1, 0.15) is 5.75 Å². The van der Waals surface area contributed by atoms with Gasteiger partial charge in [0.25, 0.3) is 5.79 Å². The van der Waals surface area contributed by atoms with Crippen molar-refractivity contribution >= 4 is 23.4 Å². The number of nitrogens with zero attached hydrogens (tertiary/aromatic N) is 3. The van der Waals surface area contributed by atoms with E-state index in [0.29, 0.717) is 22.9 Å². The third kappa shape index (κ3) is 3.62. The van der Waals surface area contributed by atoms with Gasteiger partial charge in [-0.1, -0.05) is 0 Å². The van der Waals surface area contributed by atoms with Crippen LogP contribution in [-0.4, -0.2) is 39.2 Å². The van der Waals surface area contributed by atoms with E-state index in [1.165, 1.54) is 27.2 Å². The van der Waals surface area contributed by atoms with E-state index in [4.69, 9.17) is 14.2 Å². The van der Waals surface area contributed by atoms with E-state index in [0.717, 1.165) is 5.56 Å². The summed E-state index contributed by atoms with van der Waals surface area (Å²) in [5, 5.41) is 2.93. The molecule has 0 spiro atoms. The molecule has 0 bridgehead atoms. The van der Waals surface area contributed by atoms with Crippen LogP contribution in [0.15, 0.2) is 54.6 Å². The summed E-state index contributed by atoms with van der Waals surface area (Å²) < 4.78 is 17.3. The maximum absolute atomic E-state index is 12.1. The maximum Gasteiger partial charge on any atom is 0.350 e. The summed E-state index contributed by atoms with van der Waals surface area (Å²) in [5.41, 5.74) is 1.80. The molecule has 9 nitrogen and oxygen atoms in total. The van der Waals surface area contributed by atoms with Crippen molar-refractivity contribution in [2.75, 3.05) is 12.4 Å². The van der Waals surface area contributed by atoms with Crippen molar-refractivity contribution in [1.29, 1.82) is 0 Å². The molecule has 1 saturated heterocycles. The van der Waals surface area contributed by atoms with Crippen LogP contribution in [0.4, 0.5) is 5.69 Å². The number of benzene rings is 1. The van der Waals surface area contributed by atoms with Crippen LogP contribution in [0.1, 0.15) is 13.8 Å². The molecule has 3 aromatic rings. The van der Waals surface area contributed by atoms with Gasteiger partial charge in [0.2, 0.25) is 5.78 Å². The number of hydrogen-bond acceptors (Lipinski definition) is 8. The number of rotatable bonds is 4. The Labute approximate surface area is 165 Å². The minimum Gasteiger partial charge on any atom is -0.495 e. The van der Waals surface area contributed by atoms with Gasteiger partial charge in [0.05, 0.1) is 18.5 Å². The molecule has 0 amide bonds. The molecule has 3 heterocycles. The van der Waals surface area contributed by atoms with Crippen molar-refractivity contribution < 1.29 is 23.8 Å². The van der Waals surface area contributed by atoms with Gasteiger partial charge in [0, 0.05) is 44.2 Å². The lowest BCUT2D eigenvalue weighted by Crippen LogP contribution is -2.42. The van der Waals surface area contributed by atoms with Crippen molar-refractivity contribution in [2.24, 2.45) is 0 Å². The highest BCUT2D eigenvalue weighted by Crippen LogP contribution is 2.31. The Balaban J connectivity index is 1.66. The van der Waals surface area contributed by atoms with E-state index in [2.05, 4.69) is 15.3 Å². The van der Waals surface area contributed by atoms with Gasteiger partial charge < -0.3 is 19.5 Å². The van der Waals surface area contributed by atoms with Crippen molar-refractivity contribution in [1.82, 2.24) is 14.4 Å². The molecule has 1 fully saturated rings. The van der Waals surface area contributed by atoms with E-state index >= 15 is 0 Å². The van der Waals surface area contributed by atoms with E-state index in [9.17, 15) is 9.59 Å². The fraction of sp³-hybridized carbons (Fsp3) is 0.200. The van der Waals surface area contributed by atoms with Gasteiger partial charge in [-0.2, -0.15) is 0 Å². The summed E-state index contributed by atoms with van der Waals surface area (Å²) in [7, 11) is 1.52. The van der Waals surface area contributed by atoms with Crippen LogP contribution >= 0.6 is 0 Å². The first-order valence-electron chi connectivity index (χ1n) is 8.78. The molecule has 2 aromatic heterocycles. The van der Waals surface area contributed by atoms with Crippen molar-refractivity contribution in [3.8, 4) is 17.0 Å². The van der Waals surface area contributed by atoms with Crippen molar-refractivity contribution in [3.05, 3.63) is 54.6 Å². The lowest BCUT2D eigenvalue weighted by molar-refractivity contribution is -0.222. The number of aromatic nitrogens is 3. The molecule has 0 saturated carbocycles. The normalized spacial score (nSPS) is 15.6. The Kier molecular flexibility index (Phi) is 4.42. The molecular formula is C20H18N4O5.